The van der Waals surface area contributed by atoms with Gasteiger partial charge in [-0.15, -0.1) is 0 Å². The lowest BCUT2D eigenvalue weighted by Gasteiger charge is -2.14. The quantitative estimate of drug-likeness (QED) is 0.0754. The van der Waals surface area contributed by atoms with Crippen molar-refractivity contribution in [1.82, 2.24) is 0 Å². The minimum Gasteiger partial charge on any atom is -0.494 e. The van der Waals surface area contributed by atoms with Crippen molar-refractivity contribution in [3.8, 4) is 33.8 Å². The lowest BCUT2D eigenvalue weighted by Crippen LogP contribution is -2.08. The number of aliphatic hydroxyl groups excluding tert-OH is 1. The zero-order chi connectivity index (χ0) is 42.6. The molecule has 15 heteroatoms. The summed E-state index contributed by atoms with van der Waals surface area (Å²) in [6.07, 6.45) is 6.02. The molecular formula is C42H55Br4O8PS2. The van der Waals surface area contributed by atoms with Gasteiger partial charge in [0.2, 0.25) is 0 Å². The summed E-state index contributed by atoms with van der Waals surface area (Å²) < 4.78 is 60.7. The fourth-order valence-electron chi connectivity index (χ4n) is 6.09. The van der Waals surface area contributed by atoms with Gasteiger partial charge in [-0.05, 0) is 186 Å². The first-order chi connectivity index (χ1) is 26.8. The number of rotatable bonds is 14. The van der Waals surface area contributed by atoms with Crippen molar-refractivity contribution >= 4 is 86.1 Å². The van der Waals surface area contributed by atoms with Crippen LogP contribution < -0.4 is 9.47 Å². The Kier molecular flexibility index (Phi) is 24.3. The van der Waals surface area contributed by atoms with Gasteiger partial charge in [0.1, 0.15) is 35.2 Å². The molecule has 0 atom stereocenters. The second-order valence-corrected chi connectivity index (χ2v) is 34.1. The van der Waals surface area contributed by atoms with Crippen LogP contribution in [0.2, 0.25) is 0 Å². The Hall–Kier alpha value is -1.35. The van der Waals surface area contributed by atoms with Crippen LogP contribution in [-0.4, -0.2) is 72.4 Å². The van der Waals surface area contributed by atoms with Crippen molar-refractivity contribution in [2.24, 2.45) is 0 Å². The van der Waals surface area contributed by atoms with Crippen molar-refractivity contribution in [3.63, 3.8) is 0 Å². The summed E-state index contributed by atoms with van der Waals surface area (Å²) in [6.45, 7) is 11.0. The van der Waals surface area contributed by atoms with Gasteiger partial charge in [-0.2, -0.15) is 0 Å². The van der Waals surface area contributed by atoms with E-state index in [2.05, 4.69) is 101 Å². The van der Waals surface area contributed by atoms with Crippen LogP contribution in [-0.2, 0) is 36.3 Å². The number of hydrogen-bond acceptors (Lipinski definition) is 8. The summed E-state index contributed by atoms with van der Waals surface area (Å²) in [5.74, 6) is 1.83. The van der Waals surface area contributed by atoms with Gasteiger partial charge in [0.05, 0.1) is 31.3 Å². The van der Waals surface area contributed by atoms with Crippen molar-refractivity contribution in [3.05, 3.63) is 106 Å². The Balaban J connectivity index is 0.000000322. The van der Waals surface area contributed by atoms with E-state index >= 15 is 0 Å². The molecule has 1 N–H and O–H groups in total. The summed E-state index contributed by atoms with van der Waals surface area (Å²) in [5.41, 5.74) is 11.2. The lowest BCUT2D eigenvalue weighted by atomic mass is 9.94. The maximum absolute atomic E-state index is 11.1. The van der Waals surface area contributed by atoms with Crippen molar-refractivity contribution < 1.29 is 36.2 Å². The van der Waals surface area contributed by atoms with Gasteiger partial charge < -0.3 is 19.3 Å². The Morgan fingerprint density at radius 2 is 1.02 bits per heavy atom. The van der Waals surface area contributed by atoms with Crippen LogP contribution in [0.4, 0.5) is 0 Å². The van der Waals surface area contributed by atoms with Crippen molar-refractivity contribution in [1.29, 1.82) is 0 Å². The standard InChI is InChI=1S/C19H23BrO3S.C19H24O4S.C4H8O.Br3P/c2*1-14-10-18(23-8-5-9-24(3,21)22)11-15(2)19(14)17-7-4-6-16(12-17)13-20;1-2-4-5-3-1;1-4(2)3/h4,6-7,10-12H,5,8-9,13H2,1-3H3;4,6-7,10-12,20H,5,8-9,13H2,1-3H3;1-4H2;. The van der Waals surface area contributed by atoms with E-state index in [1.54, 1.807) is 0 Å². The second kappa shape index (κ2) is 26.8. The first-order valence-corrected chi connectivity index (χ1v) is 31.0. The van der Waals surface area contributed by atoms with Crippen molar-refractivity contribution in [2.45, 2.75) is 65.3 Å². The summed E-state index contributed by atoms with van der Waals surface area (Å²) in [5, 5.41) is 10.1. The minimum absolute atomic E-state index is 0.0213. The predicted octanol–water partition coefficient (Wildman–Crippen LogP) is 12.1. The molecule has 0 radical (unpaired) electrons. The Morgan fingerprint density at radius 1 is 0.649 bits per heavy atom. The van der Waals surface area contributed by atoms with Gasteiger partial charge in [-0.1, -0.05) is 58.4 Å². The number of ether oxygens (including phenoxy) is 3. The number of alkyl halides is 1. The normalized spacial score (nSPS) is 12.4. The number of halogens is 4. The third-order valence-electron chi connectivity index (χ3n) is 8.46. The number of hydrogen-bond donors (Lipinski definition) is 1. The SMILES string of the molecule is BrP(Br)Br.C1CCOC1.Cc1cc(OCCCS(C)(=O)=O)cc(C)c1-c1cccc(CBr)c1.Cc1cc(OCCCS(C)(=O)=O)cc(C)c1-c1cccc(CO)c1. The van der Waals surface area contributed by atoms with Crippen LogP contribution in [0.25, 0.3) is 22.3 Å². The lowest BCUT2D eigenvalue weighted by molar-refractivity contribution is 0.198. The maximum Gasteiger partial charge on any atom is 0.147 e. The number of aryl methyl sites for hydroxylation is 4. The van der Waals surface area contributed by atoms with Crippen LogP contribution >= 0.6 is 66.4 Å². The third-order valence-corrected chi connectivity index (χ3v) is 11.2. The molecule has 0 amide bonds. The van der Waals surface area contributed by atoms with E-state index in [1.165, 1.54) is 42.0 Å². The Morgan fingerprint density at radius 3 is 1.33 bits per heavy atom. The van der Waals surface area contributed by atoms with E-state index in [9.17, 15) is 21.9 Å². The first kappa shape index (κ1) is 51.8. The fourth-order valence-corrected chi connectivity index (χ4v) is 7.73. The minimum atomic E-state index is -2.94. The molecule has 0 aromatic heterocycles. The largest absolute Gasteiger partial charge is 0.494 e. The molecule has 1 aliphatic rings. The van der Waals surface area contributed by atoms with Gasteiger partial charge in [0.15, 0.2) is 0 Å². The topological polar surface area (TPSA) is 116 Å². The first-order valence-electron chi connectivity index (χ1n) is 18.4. The summed E-state index contributed by atoms with van der Waals surface area (Å²) in [7, 11) is -5.87. The molecule has 0 unspecified atom stereocenters. The molecule has 0 aliphatic carbocycles. The molecular weight excluding hydrogens is 1050 g/mol. The smallest absolute Gasteiger partial charge is 0.147 e. The molecule has 1 heterocycles. The average Bonchev–Trinajstić information content (AvgIpc) is 3.72. The zero-order valence-corrected chi connectivity index (χ0v) is 42.4. The highest BCUT2D eigenvalue weighted by molar-refractivity contribution is 9.93. The molecule has 0 spiro atoms. The molecule has 5 rings (SSSR count). The number of benzene rings is 4. The molecule has 316 valence electrons. The third kappa shape index (κ3) is 21.6. The highest BCUT2D eigenvalue weighted by Gasteiger charge is 2.11. The van der Waals surface area contributed by atoms with Crippen LogP contribution in [0.15, 0.2) is 72.8 Å². The van der Waals surface area contributed by atoms with Crippen LogP contribution in [0.1, 0.15) is 59.1 Å². The summed E-state index contributed by atoms with van der Waals surface area (Å²) in [4.78, 5) is 0. The van der Waals surface area contributed by atoms with Gasteiger partial charge in [0.25, 0.3) is 0 Å². The molecule has 1 saturated heterocycles. The highest BCUT2D eigenvalue weighted by atomic mass is 80.0. The van der Waals surface area contributed by atoms with Gasteiger partial charge in [0, 0.05) is 31.1 Å². The number of aliphatic hydroxyl groups is 1. The van der Waals surface area contributed by atoms with Crippen LogP contribution in [0, 0.1) is 27.7 Å². The monoisotopic (exact) mass is 1100 g/mol. The van der Waals surface area contributed by atoms with Gasteiger partial charge in [-0.3, -0.25) is 0 Å². The zero-order valence-electron chi connectivity index (χ0n) is 33.5. The van der Waals surface area contributed by atoms with E-state index in [0.29, 0.717) is 26.1 Å². The van der Waals surface area contributed by atoms with Crippen LogP contribution in [0.5, 0.6) is 11.5 Å². The van der Waals surface area contributed by atoms with Crippen LogP contribution in [0.3, 0.4) is 0 Å². The summed E-state index contributed by atoms with van der Waals surface area (Å²) >= 11 is 13.0. The van der Waals surface area contributed by atoms with E-state index in [-0.39, 0.29) is 22.1 Å². The van der Waals surface area contributed by atoms with E-state index in [0.717, 1.165) is 69.0 Å². The van der Waals surface area contributed by atoms with Gasteiger partial charge >= 0.3 is 0 Å². The molecule has 4 aromatic carbocycles. The molecule has 1 fully saturated rings. The van der Waals surface area contributed by atoms with Gasteiger partial charge in [-0.25, -0.2) is 16.8 Å². The number of sulfone groups is 2. The highest BCUT2D eigenvalue weighted by Crippen LogP contribution is 2.59. The van der Waals surface area contributed by atoms with E-state index in [4.69, 9.17) is 14.2 Å². The Bertz CT molecular complexity index is 1860. The molecule has 4 aromatic rings. The Labute approximate surface area is 374 Å². The molecule has 0 bridgehead atoms. The second-order valence-electron chi connectivity index (χ2n) is 13.7. The van der Waals surface area contributed by atoms with Crippen molar-refractivity contribution in [2.75, 3.05) is 50.4 Å². The van der Waals surface area contributed by atoms with E-state index < -0.39 is 19.7 Å². The molecule has 8 nitrogen and oxygen atoms in total. The summed E-state index contributed by atoms with van der Waals surface area (Å²) in [6, 6.07) is 24.3. The molecule has 1 aliphatic heterocycles. The predicted molar refractivity (Wildman–Crippen MR) is 255 cm³/mol. The molecule has 0 saturated carbocycles. The maximum atomic E-state index is 11.1. The van der Waals surface area contributed by atoms with E-state index in [1.807, 2.05) is 62.4 Å². The molecule has 57 heavy (non-hydrogen) atoms. The fraction of sp³-hybridized carbons (Fsp3) is 0.429. The average molecular weight is 1100 g/mol.